The second-order valence-corrected chi connectivity index (χ2v) is 7.11. The first-order valence-electron chi connectivity index (χ1n) is 5.22. The molecule has 0 saturated carbocycles. The van der Waals surface area contributed by atoms with Gasteiger partial charge in [-0.1, -0.05) is 12.1 Å². The SMILES string of the molecule is Nc1cccc(NS(=O)(=O)c2c(Br)cccc2Br)c1. The Kier molecular flexibility index (Phi) is 4.17. The van der Waals surface area contributed by atoms with Gasteiger partial charge in [0.25, 0.3) is 10.0 Å². The van der Waals surface area contributed by atoms with Crippen LogP contribution in [-0.2, 0) is 10.0 Å². The number of anilines is 2. The van der Waals surface area contributed by atoms with Crippen molar-refractivity contribution in [3.8, 4) is 0 Å². The van der Waals surface area contributed by atoms with Crippen molar-refractivity contribution in [2.45, 2.75) is 4.90 Å². The van der Waals surface area contributed by atoms with Crippen LogP contribution in [0.3, 0.4) is 0 Å². The molecule has 4 nitrogen and oxygen atoms in total. The van der Waals surface area contributed by atoms with Crippen LogP contribution in [0.4, 0.5) is 11.4 Å². The van der Waals surface area contributed by atoms with Gasteiger partial charge in [-0.15, -0.1) is 0 Å². The zero-order valence-corrected chi connectivity index (χ0v) is 13.6. The fourth-order valence-corrected chi connectivity index (χ4v) is 5.01. The fraction of sp³-hybridized carbons (Fsp3) is 0. The molecule has 0 aliphatic rings. The molecule has 0 fully saturated rings. The number of rotatable bonds is 3. The molecular formula is C12H10Br2N2O2S. The molecule has 0 aliphatic heterocycles. The van der Waals surface area contributed by atoms with E-state index in [2.05, 4.69) is 36.6 Å². The Hall–Kier alpha value is -1.05. The fourth-order valence-electron chi connectivity index (χ4n) is 1.55. The highest BCUT2D eigenvalue weighted by Crippen LogP contribution is 2.31. The lowest BCUT2D eigenvalue weighted by molar-refractivity contribution is 0.600. The Bertz CT molecular complexity index is 697. The third-order valence-electron chi connectivity index (χ3n) is 2.33. The van der Waals surface area contributed by atoms with Crippen LogP contribution in [0.25, 0.3) is 0 Å². The second kappa shape index (κ2) is 5.52. The molecule has 2 aromatic carbocycles. The summed E-state index contributed by atoms with van der Waals surface area (Å²) in [5.74, 6) is 0. The highest BCUT2D eigenvalue weighted by Gasteiger charge is 2.20. The van der Waals surface area contributed by atoms with Crippen LogP contribution >= 0.6 is 31.9 Å². The van der Waals surface area contributed by atoms with Gasteiger partial charge in [0.2, 0.25) is 0 Å². The van der Waals surface area contributed by atoms with Gasteiger partial charge in [0, 0.05) is 14.6 Å². The Morgan fingerprint density at radius 1 is 1.00 bits per heavy atom. The van der Waals surface area contributed by atoms with E-state index in [0.29, 0.717) is 20.3 Å². The molecule has 0 unspecified atom stereocenters. The summed E-state index contributed by atoms with van der Waals surface area (Å²) in [6.07, 6.45) is 0. The van der Waals surface area contributed by atoms with Crippen LogP contribution in [0.15, 0.2) is 56.3 Å². The highest BCUT2D eigenvalue weighted by atomic mass is 79.9. The number of hydrogen-bond acceptors (Lipinski definition) is 3. The second-order valence-electron chi connectivity index (χ2n) is 3.78. The molecule has 2 aromatic rings. The van der Waals surface area contributed by atoms with Gasteiger partial charge in [-0.25, -0.2) is 8.42 Å². The van der Waals surface area contributed by atoms with Gasteiger partial charge < -0.3 is 5.73 Å². The Labute approximate surface area is 128 Å². The number of sulfonamides is 1. The molecule has 7 heteroatoms. The summed E-state index contributed by atoms with van der Waals surface area (Å²) < 4.78 is 28.1. The summed E-state index contributed by atoms with van der Waals surface area (Å²) in [5, 5.41) is 0. The molecule has 19 heavy (non-hydrogen) atoms. The molecule has 0 spiro atoms. The summed E-state index contributed by atoms with van der Waals surface area (Å²) in [4.78, 5) is 0.150. The van der Waals surface area contributed by atoms with Gasteiger partial charge in [0.05, 0.1) is 5.69 Å². The van der Waals surface area contributed by atoms with Crippen LogP contribution in [0.2, 0.25) is 0 Å². The van der Waals surface area contributed by atoms with E-state index in [4.69, 9.17) is 5.73 Å². The molecule has 3 N–H and O–H groups in total. The maximum atomic E-state index is 12.3. The van der Waals surface area contributed by atoms with Crippen molar-refractivity contribution in [2.75, 3.05) is 10.5 Å². The summed E-state index contributed by atoms with van der Waals surface area (Å²) in [6, 6.07) is 11.6. The minimum atomic E-state index is -3.69. The molecule has 2 rings (SSSR count). The van der Waals surface area contributed by atoms with Crippen LogP contribution in [0.1, 0.15) is 0 Å². The standard InChI is InChI=1S/C12H10Br2N2O2S/c13-10-5-2-6-11(14)12(10)19(17,18)16-9-4-1-3-8(15)7-9/h1-7,16H,15H2. The molecule has 0 bridgehead atoms. The largest absolute Gasteiger partial charge is 0.399 e. The first-order chi connectivity index (χ1) is 8.90. The smallest absolute Gasteiger partial charge is 0.264 e. The summed E-state index contributed by atoms with van der Waals surface area (Å²) in [7, 11) is -3.69. The van der Waals surface area contributed by atoms with E-state index in [0.717, 1.165) is 0 Å². The lowest BCUT2D eigenvalue weighted by Gasteiger charge is -2.11. The van der Waals surface area contributed by atoms with Gasteiger partial charge in [-0.3, -0.25) is 4.72 Å². The monoisotopic (exact) mass is 404 g/mol. The van der Waals surface area contributed by atoms with Crippen molar-refractivity contribution in [3.63, 3.8) is 0 Å². The topological polar surface area (TPSA) is 72.2 Å². The molecule has 0 radical (unpaired) electrons. The quantitative estimate of drug-likeness (QED) is 0.766. The van der Waals surface area contributed by atoms with E-state index in [1.54, 1.807) is 42.5 Å². The van der Waals surface area contributed by atoms with Gasteiger partial charge in [0.15, 0.2) is 0 Å². The van der Waals surface area contributed by atoms with Gasteiger partial charge in [-0.2, -0.15) is 0 Å². The van der Waals surface area contributed by atoms with Crippen molar-refractivity contribution in [1.29, 1.82) is 0 Å². The minimum Gasteiger partial charge on any atom is -0.399 e. The van der Waals surface area contributed by atoms with Crippen molar-refractivity contribution in [3.05, 3.63) is 51.4 Å². The van der Waals surface area contributed by atoms with Crippen LogP contribution in [-0.4, -0.2) is 8.42 Å². The minimum absolute atomic E-state index is 0.150. The zero-order chi connectivity index (χ0) is 14.0. The van der Waals surface area contributed by atoms with Crippen molar-refractivity contribution >= 4 is 53.3 Å². The number of nitrogen functional groups attached to an aromatic ring is 1. The first-order valence-corrected chi connectivity index (χ1v) is 8.29. The number of benzene rings is 2. The Morgan fingerprint density at radius 2 is 1.58 bits per heavy atom. The molecular weight excluding hydrogens is 396 g/mol. The van der Waals surface area contributed by atoms with Crippen molar-refractivity contribution in [1.82, 2.24) is 0 Å². The van der Waals surface area contributed by atoms with E-state index < -0.39 is 10.0 Å². The van der Waals surface area contributed by atoms with E-state index in [1.165, 1.54) is 0 Å². The van der Waals surface area contributed by atoms with Crippen LogP contribution < -0.4 is 10.5 Å². The van der Waals surface area contributed by atoms with Crippen molar-refractivity contribution < 1.29 is 8.42 Å². The zero-order valence-electron chi connectivity index (χ0n) is 9.60. The predicted octanol–water partition coefficient (Wildman–Crippen LogP) is 3.59. The maximum Gasteiger partial charge on any atom is 0.264 e. The van der Waals surface area contributed by atoms with E-state index in [9.17, 15) is 8.42 Å². The normalized spacial score (nSPS) is 11.3. The third-order valence-corrected chi connectivity index (χ3v) is 5.65. The van der Waals surface area contributed by atoms with Crippen LogP contribution in [0.5, 0.6) is 0 Å². The van der Waals surface area contributed by atoms with Gasteiger partial charge >= 0.3 is 0 Å². The third kappa shape index (κ3) is 3.29. The van der Waals surface area contributed by atoms with Crippen LogP contribution in [0, 0.1) is 0 Å². The number of nitrogens with two attached hydrogens (primary N) is 1. The Morgan fingerprint density at radius 3 is 2.16 bits per heavy atom. The molecule has 0 atom stereocenters. The molecule has 0 aromatic heterocycles. The first kappa shape index (κ1) is 14.4. The molecule has 0 aliphatic carbocycles. The Balaban J connectivity index is 2.44. The number of halogens is 2. The molecule has 0 saturated heterocycles. The molecule has 0 heterocycles. The average molecular weight is 406 g/mol. The van der Waals surface area contributed by atoms with E-state index in [-0.39, 0.29) is 4.90 Å². The van der Waals surface area contributed by atoms with Gasteiger partial charge in [-0.05, 0) is 62.2 Å². The van der Waals surface area contributed by atoms with Crippen molar-refractivity contribution in [2.24, 2.45) is 0 Å². The number of hydrogen-bond donors (Lipinski definition) is 2. The van der Waals surface area contributed by atoms with E-state index in [1.807, 2.05) is 0 Å². The summed E-state index contributed by atoms with van der Waals surface area (Å²) in [6.45, 7) is 0. The maximum absolute atomic E-state index is 12.3. The average Bonchev–Trinajstić information content (AvgIpc) is 2.27. The predicted molar refractivity (Wildman–Crippen MR) is 83.5 cm³/mol. The molecule has 100 valence electrons. The lowest BCUT2D eigenvalue weighted by Crippen LogP contribution is -2.14. The summed E-state index contributed by atoms with van der Waals surface area (Å²) in [5.41, 5.74) is 6.53. The molecule has 0 amide bonds. The number of nitrogens with one attached hydrogen (secondary N) is 1. The van der Waals surface area contributed by atoms with Gasteiger partial charge in [0.1, 0.15) is 4.90 Å². The highest BCUT2D eigenvalue weighted by molar-refractivity contribution is 9.11. The summed E-state index contributed by atoms with van der Waals surface area (Å²) >= 11 is 6.47. The van der Waals surface area contributed by atoms with E-state index >= 15 is 0 Å². The lowest BCUT2D eigenvalue weighted by atomic mass is 10.3.